The van der Waals surface area contributed by atoms with Crippen LogP contribution in [-0.2, 0) is 0 Å². The first kappa shape index (κ1) is 13.5. The zero-order valence-electron chi connectivity index (χ0n) is 8.02. The van der Waals surface area contributed by atoms with Gasteiger partial charge in [-0.15, -0.1) is 0 Å². The molecule has 0 amide bonds. The summed E-state index contributed by atoms with van der Waals surface area (Å²) in [5, 5.41) is -0.315. The predicted octanol–water partition coefficient (Wildman–Crippen LogP) is 4.36. The molecule has 0 spiro atoms. The average molecular weight is 232 g/mol. The molecule has 0 aliphatic carbocycles. The van der Waals surface area contributed by atoms with E-state index in [1.165, 1.54) is 21.6 Å². The number of rotatable bonds is 5. The molecule has 0 radical (unpaired) electrons. The lowest BCUT2D eigenvalue weighted by Crippen LogP contribution is -2.20. The number of hydrogen-bond acceptors (Lipinski definition) is 2. The summed E-state index contributed by atoms with van der Waals surface area (Å²) in [6.07, 6.45) is -4.71. The summed E-state index contributed by atoms with van der Waals surface area (Å²) in [4.78, 5) is 0. The molecule has 0 unspecified atom stereocenters. The molecular formula is C8H15F3S2. The third-order valence-electron chi connectivity index (χ3n) is 1.49. The standard InChI is InChI=1S/C8H15F3S2/c1-4-12-13-7(6(2)3)5-8(9,10)11/h6-7H,4-5H2,1-3H3/t7-/m1/s1. The average Bonchev–Trinajstić information content (AvgIpc) is 1.95. The molecule has 0 N–H and O–H groups in total. The first-order chi connectivity index (χ1) is 5.87. The van der Waals surface area contributed by atoms with Gasteiger partial charge >= 0.3 is 6.18 Å². The van der Waals surface area contributed by atoms with Crippen LogP contribution in [0.4, 0.5) is 13.2 Å². The summed E-state index contributed by atoms with van der Waals surface area (Å²) in [5.74, 6) is 0.928. The van der Waals surface area contributed by atoms with E-state index in [9.17, 15) is 13.2 Å². The Bertz CT molecular complexity index is 134. The summed E-state index contributed by atoms with van der Waals surface area (Å²) >= 11 is 0. The first-order valence-corrected chi connectivity index (χ1v) is 6.60. The van der Waals surface area contributed by atoms with Gasteiger partial charge in [0.1, 0.15) is 0 Å². The molecule has 0 aromatic heterocycles. The van der Waals surface area contributed by atoms with Crippen molar-refractivity contribution in [3.05, 3.63) is 0 Å². The topological polar surface area (TPSA) is 0 Å². The number of halogens is 3. The quantitative estimate of drug-likeness (QED) is 0.646. The molecule has 0 nitrogen and oxygen atoms in total. The van der Waals surface area contributed by atoms with Gasteiger partial charge in [-0.2, -0.15) is 13.2 Å². The Kier molecular flexibility index (Phi) is 6.29. The van der Waals surface area contributed by atoms with Crippen molar-refractivity contribution in [1.82, 2.24) is 0 Å². The van der Waals surface area contributed by atoms with Crippen LogP contribution in [0, 0.1) is 5.92 Å². The zero-order valence-corrected chi connectivity index (χ0v) is 9.65. The second-order valence-electron chi connectivity index (χ2n) is 3.10. The van der Waals surface area contributed by atoms with Crippen molar-refractivity contribution < 1.29 is 13.2 Å². The van der Waals surface area contributed by atoms with Crippen molar-refractivity contribution in [2.24, 2.45) is 5.92 Å². The van der Waals surface area contributed by atoms with Gasteiger partial charge in [-0.25, -0.2) is 0 Å². The van der Waals surface area contributed by atoms with E-state index in [2.05, 4.69) is 0 Å². The molecule has 0 saturated heterocycles. The maximum atomic E-state index is 12.1. The normalized spacial score (nSPS) is 15.0. The van der Waals surface area contributed by atoms with Crippen molar-refractivity contribution in [2.75, 3.05) is 5.75 Å². The van der Waals surface area contributed by atoms with Crippen LogP contribution in [0.1, 0.15) is 27.2 Å². The summed E-state index contributed by atoms with van der Waals surface area (Å²) in [7, 11) is 2.86. The lowest BCUT2D eigenvalue weighted by Gasteiger charge is -2.20. The molecule has 5 heteroatoms. The van der Waals surface area contributed by atoms with Gasteiger partial charge in [0.15, 0.2) is 0 Å². The van der Waals surface area contributed by atoms with E-state index in [1.54, 1.807) is 0 Å². The van der Waals surface area contributed by atoms with Gasteiger partial charge in [0.2, 0.25) is 0 Å². The molecule has 0 fully saturated rings. The first-order valence-electron chi connectivity index (χ1n) is 4.21. The van der Waals surface area contributed by atoms with E-state index in [-0.39, 0.29) is 11.2 Å². The van der Waals surface area contributed by atoms with E-state index in [4.69, 9.17) is 0 Å². The van der Waals surface area contributed by atoms with E-state index in [1.807, 2.05) is 20.8 Å². The summed E-state index contributed by atoms with van der Waals surface area (Å²) in [6, 6.07) is 0. The molecule has 0 heterocycles. The fourth-order valence-electron chi connectivity index (χ4n) is 0.764. The van der Waals surface area contributed by atoms with Gasteiger partial charge in [-0.1, -0.05) is 42.4 Å². The van der Waals surface area contributed by atoms with Gasteiger partial charge in [-0.3, -0.25) is 0 Å². The molecular weight excluding hydrogens is 217 g/mol. The molecule has 0 bridgehead atoms. The molecule has 0 aliphatic rings. The van der Waals surface area contributed by atoms with Gasteiger partial charge in [-0.05, 0) is 5.92 Å². The monoisotopic (exact) mass is 232 g/mol. The van der Waals surface area contributed by atoms with Crippen LogP contribution in [-0.4, -0.2) is 17.2 Å². The Morgan fingerprint density at radius 2 is 1.77 bits per heavy atom. The fraction of sp³-hybridized carbons (Fsp3) is 1.00. The highest BCUT2D eigenvalue weighted by molar-refractivity contribution is 8.76. The van der Waals surface area contributed by atoms with E-state index < -0.39 is 12.6 Å². The smallest absolute Gasteiger partial charge is 0.171 e. The fourth-order valence-corrected chi connectivity index (χ4v) is 3.36. The molecule has 0 aromatic carbocycles. The maximum Gasteiger partial charge on any atom is 0.390 e. The Labute approximate surface area is 85.4 Å². The predicted molar refractivity (Wildman–Crippen MR) is 55.0 cm³/mol. The highest BCUT2D eigenvalue weighted by Gasteiger charge is 2.33. The largest absolute Gasteiger partial charge is 0.390 e. The highest BCUT2D eigenvalue weighted by atomic mass is 33.1. The highest BCUT2D eigenvalue weighted by Crippen LogP contribution is 2.37. The van der Waals surface area contributed by atoms with E-state index >= 15 is 0 Å². The number of alkyl halides is 3. The van der Waals surface area contributed by atoms with Crippen LogP contribution >= 0.6 is 21.6 Å². The minimum absolute atomic E-state index is 0.0747. The lowest BCUT2D eigenvalue weighted by molar-refractivity contribution is -0.135. The second-order valence-corrected chi connectivity index (χ2v) is 6.00. The van der Waals surface area contributed by atoms with E-state index in [0.29, 0.717) is 0 Å². The third kappa shape index (κ3) is 7.55. The molecule has 0 aliphatic heterocycles. The van der Waals surface area contributed by atoms with Gasteiger partial charge in [0.05, 0.1) is 6.42 Å². The van der Waals surface area contributed by atoms with Crippen molar-refractivity contribution in [2.45, 2.75) is 38.6 Å². The minimum Gasteiger partial charge on any atom is -0.171 e. The van der Waals surface area contributed by atoms with Crippen LogP contribution in [0.15, 0.2) is 0 Å². The van der Waals surface area contributed by atoms with Crippen molar-refractivity contribution in [3.8, 4) is 0 Å². The van der Waals surface area contributed by atoms with Gasteiger partial charge < -0.3 is 0 Å². The van der Waals surface area contributed by atoms with Crippen LogP contribution in [0.25, 0.3) is 0 Å². The minimum atomic E-state index is -4.03. The van der Waals surface area contributed by atoms with Crippen LogP contribution in [0.5, 0.6) is 0 Å². The van der Waals surface area contributed by atoms with Crippen molar-refractivity contribution >= 4 is 21.6 Å². The van der Waals surface area contributed by atoms with Crippen molar-refractivity contribution in [1.29, 1.82) is 0 Å². The zero-order chi connectivity index (χ0) is 10.5. The van der Waals surface area contributed by atoms with Crippen LogP contribution in [0.3, 0.4) is 0 Å². The van der Waals surface area contributed by atoms with Crippen LogP contribution in [0.2, 0.25) is 0 Å². The van der Waals surface area contributed by atoms with E-state index in [0.717, 1.165) is 5.75 Å². The Morgan fingerprint density at radius 3 is 2.08 bits per heavy atom. The molecule has 13 heavy (non-hydrogen) atoms. The second kappa shape index (κ2) is 6.06. The molecule has 0 rings (SSSR count). The number of hydrogen-bond donors (Lipinski definition) is 0. The molecule has 1 atom stereocenters. The Hall–Kier alpha value is 0.490. The lowest BCUT2D eigenvalue weighted by atomic mass is 10.1. The summed E-state index contributed by atoms with van der Waals surface area (Å²) in [6.45, 7) is 5.61. The molecule has 80 valence electrons. The Balaban J connectivity index is 3.95. The Morgan fingerprint density at radius 1 is 1.23 bits per heavy atom. The molecule has 0 aromatic rings. The molecule has 0 saturated carbocycles. The van der Waals surface area contributed by atoms with Gasteiger partial charge in [0, 0.05) is 11.0 Å². The third-order valence-corrected chi connectivity index (χ3v) is 4.67. The van der Waals surface area contributed by atoms with Crippen LogP contribution < -0.4 is 0 Å². The SMILES string of the molecule is CCSS[C@H](CC(F)(F)F)C(C)C. The summed E-state index contributed by atoms with van der Waals surface area (Å²) in [5.41, 5.74) is 0. The summed E-state index contributed by atoms with van der Waals surface area (Å²) < 4.78 is 36.2. The maximum absolute atomic E-state index is 12.1. The van der Waals surface area contributed by atoms with Gasteiger partial charge in [0.25, 0.3) is 0 Å². The van der Waals surface area contributed by atoms with Crippen molar-refractivity contribution in [3.63, 3.8) is 0 Å².